The number of hydrogen-bond donors (Lipinski definition) is 1. The molecule has 0 unspecified atom stereocenters. The molecule has 0 saturated heterocycles. The van der Waals surface area contributed by atoms with Crippen molar-refractivity contribution in [2.45, 2.75) is 6.92 Å². The van der Waals surface area contributed by atoms with Crippen LogP contribution in [-0.4, -0.2) is 26.3 Å². The minimum Gasteiger partial charge on any atom is -0.476 e. The molecule has 0 aliphatic carbocycles. The van der Waals surface area contributed by atoms with E-state index in [9.17, 15) is 4.79 Å². The highest BCUT2D eigenvalue weighted by molar-refractivity contribution is 7.16. The maximum absolute atomic E-state index is 10.6. The topological polar surface area (TPSA) is 76.0 Å². The maximum atomic E-state index is 10.6. The number of aromatic carboxylic acids is 1. The van der Waals surface area contributed by atoms with E-state index in [1.807, 2.05) is 13.0 Å². The molecule has 0 aliphatic rings. The van der Waals surface area contributed by atoms with Crippen LogP contribution in [0.25, 0.3) is 10.4 Å². The van der Waals surface area contributed by atoms with Gasteiger partial charge in [0.2, 0.25) is 5.01 Å². The Labute approximate surface area is 89.4 Å². The first-order valence-electron chi connectivity index (χ1n) is 4.15. The summed E-state index contributed by atoms with van der Waals surface area (Å²) in [5.74, 6) is -1.01. The zero-order valence-corrected chi connectivity index (χ0v) is 8.65. The van der Waals surface area contributed by atoms with E-state index in [2.05, 4.69) is 15.2 Å². The lowest BCUT2D eigenvalue weighted by Crippen LogP contribution is -1.92. The number of carbonyl (C=O) groups is 1. The Morgan fingerprint density at radius 3 is 2.87 bits per heavy atom. The molecule has 0 amide bonds. The Bertz CT molecular complexity index is 510. The Kier molecular flexibility index (Phi) is 2.42. The first-order chi connectivity index (χ1) is 7.16. The van der Waals surface area contributed by atoms with Crippen molar-refractivity contribution in [1.29, 1.82) is 0 Å². The normalized spacial score (nSPS) is 10.2. The van der Waals surface area contributed by atoms with Crippen LogP contribution in [0.4, 0.5) is 0 Å². The summed E-state index contributed by atoms with van der Waals surface area (Å²) in [5.41, 5.74) is 1.63. The zero-order valence-electron chi connectivity index (χ0n) is 7.84. The van der Waals surface area contributed by atoms with Crippen molar-refractivity contribution in [3.63, 3.8) is 0 Å². The number of nitrogens with zero attached hydrogens (tertiary/aromatic N) is 3. The molecule has 2 rings (SSSR count). The Hall–Kier alpha value is -1.82. The molecule has 0 bridgehead atoms. The smallest absolute Gasteiger partial charge is 0.365 e. The molecule has 0 atom stereocenters. The first-order valence-corrected chi connectivity index (χ1v) is 4.97. The SMILES string of the molecule is Cc1cc(-c2cnc(C(=O)O)s2)cnn1. The Morgan fingerprint density at radius 1 is 1.47 bits per heavy atom. The van der Waals surface area contributed by atoms with Crippen LogP contribution in [0.2, 0.25) is 0 Å². The van der Waals surface area contributed by atoms with Crippen LogP contribution in [-0.2, 0) is 0 Å². The van der Waals surface area contributed by atoms with Crippen molar-refractivity contribution in [3.8, 4) is 10.4 Å². The fourth-order valence-corrected chi connectivity index (χ4v) is 1.85. The average molecular weight is 221 g/mol. The maximum Gasteiger partial charge on any atom is 0.365 e. The van der Waals surface area contributed by atoms with Gasteiger partial charge in [0.1, 0.15) is 0 Å². The largest absolute Gasteiger partial charge is 0.476 e. The van der Waals surface area contributed by atoms with Gasteiger partial charge < -0.3 is 5.11 Å². The van der Waals surface area contributed by atoms with Crippen molar-refractivity contribution in [1.82, 2.24) is 15.2 Å². The van der Waals surface area contributed by atoms with Gasteiger partial charge in [-0.15, -0.1) is 11.3 Å². The summed E-state index contributed by atoms with van der Waals surface area (Å²) in [6, 6.07) is 1.84. The second-order valence-corrected chi connectivity index (χ2v) is 3.95. The molecule has 0 aromatic carbocycles. The predicted octanol–water partition coefficient (Wildman–Crippen LogP) is 1.61. The Morgan fingerprint density at radius 2 is 2.27 bits per heavy atom. The second kappa shape index (κ2) is 3.74. The quantitative estimate of drug-likeness (QED) is 0.833. The molecule has 0 spiro atoms. The monoisotopic (exact) mass is 221 g/mol. The predicted molar refractivity (Wildman–Crippen MR) is 54.8 cm³/mol. The van der Waals surface area contributed by atoms with Crippen LogP contribution in [0.1, 0.15) is 15.5 Å². The molecule has 0 radical (unpaired) electrons. The van der Waals surface area contributed by atoms with E-state index in [0.29, 0.717) is 0 Å². The van der Waals surface area contributed by atoms with E-state index in [0.717, 1.165) is 27.5 Å². The molecular formula is C9H7N3O2S. The highest BCUT2D eigenvalue weighted by atomic mass is 32.1. The summed E-state index contributed by atoms with van der Waals surface area (Å²) in [4.78, 5) is 15.2. The van der Waals surface area contributed by atoms with Crippen molar-refractivity contribution in [3.05, 3.63) is 29.2 Å². The molecule has 76 valence electrons. The minimum absolute atomic E-state index is 0.0828. The average Bonchev–Trinajstić information content (AvgIpc) is 2.66. The van der Waals surface area contributed by atoms with Crippen LogP contribution in [0.3, 0.4) is 0 Å². The van der Waals surface area contributed by atoms with E-state index in [-0.39, 0.29) is 5.01 Å². The molecule has 0 aliphatic heterocycles. The number of aromatic nitrogens is 3. The van der Waals surface area contributed by atoms with Crippen molar-refractivity contribution >= 4 is 17.3 Å². The van der Waals surface area contributed by atoms with E-state index >= 15 is 0 Å². The van der Waals surface area contributed by atoms with Crippen LogP contribution in [0.5, 0.6) is 0 Å². The number of aryl methyl sites for hydroxylation is 1. The van der Waals surface area contributed by atoms with Crippen LogP contribution >= 0.6 is 11.3 Å². The summed E-state index contributed by atoms with van der Waals surface area (Å²) in [5, 5.41) is 16.4. The fourth-order valence-electron chi connectivity index (χ4n) is 1.11. The van der Waals surface area contributed by atoms with Gasteiger partial charge in [-0.25, -0.2) is 9.78 Å². The lowest BCUT2D eigenvalue weighted by Gasteiger charge is -1.95. The molecular weight excluding hydrogens is 214 g/mol. The van der Waals surface area contributed by atoms with Gasteiger partial charge in [0.25, 0.3) is 0 Å². The molecule has 0 fully saturated rings. The minimum atomic E-state index is -1.01. The van der Waals surface area contributed by atoms with E-state index < -0.39 is 5.97 Å². The van der Waals surface area contributed by atoms with Gasteiger partial charge >= 0.3 is 5.97 Å². The van der Waals surface area contributed by atoms with E-state index in [4.69, 9.17) is 5.11 Å². The molecule has 0 saturated carbocycles. The number of thiazole rings is 1. The highest BCUT2D eigenvalue weighted by Gasteiger charge is 2.10. The number of rotatable bonds is 2. The molecule has 2 heterocycles. The third kappa shape index (κ3) is 1.99. The van der Waals surface area contributed by atoms with Crippen LogP contribution in [0.15, 0.2) is 18.5 Å². The highest BCUT2D eigenvalue weighted by Crippen LogP contribution is 2.25. The number of hydrogen-bond acceptors (Lipinski definition) is 5. The van der Waals surface area contributed by atoms with E-state index in [1.165, 1.54) is 6.20 Å². The van der Waals surface area contributed by atoms with Crippen LogP contribution < -0.4 is 0 Å². The lowest BCUT2D eigenvalue weighted by molar-refractivity contribution is 0.0696. The van der Waals surface area contributed by atoms with Gasteiger partial charge in [-0.05, 0) is 13.0 Å². The Balaban J connectivity index is 2.41. The summed E-state index contributed by atoms with van der Waals surface area (Å²) in [7, 11) is 0. The van der Waals surface area contributed by atoms with E-state index in [1.54, 1.807) is 6.20 Å². The van der Waals surface area contributed by atoms with Crippen molar-refractivity contribution in [2.75, 3.05) is 0 Å². The van der Waals surface area contributed by atoms with Gasteiger partial charge in [0, 0.05) is 11.8 Å². The van der Waals surface area contributed by atoms with Gasteiger partial charge in [0.15, 0.2) is 0 Å². The summed E-state index contributed by atoms with van der Waals surface area (Å²) < 4.78 is 0. The molecule has 1 N–H and O–H groups in total. The molecule has 2 aromatic heterocycles. The van der Waals surface area contributed by atoms with Crippen LogP contribution in [0, 0.1) is 6.92 Å². The fraction of sp³-hybridized carbons (Fsp3) is 0.111. The summed E-state index contributed by atoms with van der Waals surface area (Å²) in [6.07, 6.45) is 3.12. The standard InChI is InChI=1S/C9H7N3O2S/c1-5-2-6(3-11-12-5)7-4-10-8(15-7)9(13)14/h2-4H,1H3,(H,13,14). The molecule has 2 aromatic rings. The number of carboxylic acid groups (broad SMARTS) is 1. The summed E-state index contributed by atoms with van der Waals surface area (Å²) in [6.45, 7) is 1.83. The van der Waals surface area contributed by atoms with Gasteiger partial charge in [-0.3, -0.25) is 0 Å². The van der Waals surface area contributed by atoms with Gasteiger partial charge in [0.05, 0.1) is 16.8 Å². The number of carboxylic acids is 1. The third-order valence-corrected chi connectivity index (χ3v) is 2.78. The summed E-state index contributed by atoms with van der Waals surface area (Å²) >= 11 is 1.12. The zero-order chi connectivity index (χ0) is 10.8. The van der Waals surface area contributed by atoms with Crippen molar-refractivity contribution < 1.29 is 9.90 Å². The van der Waals surface area contributed by atoms with Crippen molar-refractivity contribution in [2.24, 2.45) is 0 Å². The third-order valence-electron chi connectivity index (χ3n) is 1.75. The second-order valence-electron chi connectivity index (χ2n) is 2.92. The lowest BCUT2D eigenvalue weighted by atomic mass is 10.2. The van der Waals surface area contributed by atoms with Gasteiger partial charge in [-0.2, -0.15) is 10.2 Å². The van der Waals surface area contributed by atoms with Gasteiger partial charge in [-0.1, -0.05) is 0 Å². The molecule has 15 heavy (non-hydrogen) atoms. The molecule has 6 heteroatoms. The first kappa shape index (κ1) is 9.72. The molecule has 5 nitrogen and oxygen atoms in total.